The van der Waals surface area contributed by atoms with Crippen LogP contribution in [0.2, 0.25) is 0 Å². The Kier molecular flexibility index (Phi) is 4.31. The number of methoxy groups -OCH3 is 1. The third-order valence-corrected chi connectivity index (χ3v) is 2.03. The zero-order valence-electron chi connectivity index (χ0n) is 9.99. The van der Waals surface area contributed by atoms with Gasteiger partial charge in [0.25, 0.3) is 0 Å². The van der Waals surface area contributed by atoms with Gasteiger partial charge in [-0.2, -0.15) is 0 Å². The van der Waals surface area contributed by atoms with E-state index in [1.807, 2.05) is 13.8 Å². The predicted molar refractivity (Wildman–Crippen MR) is 60.2 cm³/mol. The van der Waals surface area contributed by atoms with Crippen molar-refractivity contribution in [3.05, 3.63) is 23.5 Å². The molecule has 94 valence electrons. The first kappa shape index (κ1) is 13.3. The van der Waals surface area contributed by atoms with Crippen LogP contribution in [0.3, 0.4) is 0 Å². The molecule has 0 bridgehead atoms. The highest BCUT2D eigenvalue weighted by molar-refractivity contribution is 5.92. The molecular weight excluding hydrogens is 227 g/mol. The van der Waals surface area contributed by atoms with Crippen LogP contribution in [0.25, 0.3) is 0 Å². The molecule has 1 rings (SSSR count). The molecule has 0 aliphatic heterocycles. The zero-order valence-corrected chi connectivity index (χ0v) is 9.99. The fraction of sp³-hybridized carbons (Fsp3) is 0.417. The topological polar surface area (TPSA) is 55.8 Å². The minimum atomic E-state index is -1.25. The van der Waals surface area contributed by atoms with Gasteiger partial charge < -0.3 is 14.6 Å². The minimum absolute atomic E-state index is 0.0649. The van der Waals surface area contributed by atoms with Crippen LogP contribution in [0.4, 0.5) is 4.39 Å². The lowest BCUT2D eigenvalue weighted by Gasteiger charge is -2.14. The lowest BCUT2D eigenvalue weighted by molar-refractivity contribution is 0.0690. The Bertz CT molecular complexity index is 415. The quantitative estimate of drug-likeness (QED) is 0.862. The summed E-state index contributed by atoms with van der Waals surface area (Å²) in [5.74, 6) is -1.54. The predicted octanol–water partition coefficient (Wildman–Crippen LogP) is 2.57. The summed E-state index contributed by atoms with van der Waals surface area (Å²) in [5.41, 5.74) is -0.234. The molecule has 0 saturated heterocycles. The second-order valence-corrected chi connectivity index (χ2v) is 3.99. The summed E-state index contributed by atoms with van der Waals surface area (Å²) in [7, 11) is 1.34. The van der Waals surface area contributed by atoms with Crippen molar-refractivity contribution in [2.45, 2.75) is 13.8 Å². The Balaban J connectivity index is 3.17. The molecule has 0 fully saturated rings. The van der Waals surface area contributed by atoms with E-state index in [0.29, 0.717) is 6.61 Å². The van der Waals surface area contributed by atoms with Crippen LogP contribution in [0.15, 0.2) is 12.1 Å². The number of halogens is 1. The van der Waals surface area contributed by atoms with E-state index in [1.54, 1.807) is 0 Å². The number of carboxylic acid groups (broad SMARTS) is 1. The van der Waals surface area contributed by atoms with Crippen molar-refractivity contribution >= 4 is 5.97 Å². The van der Waals surface area contributed by atoms with E-state index in [-0.39, 0.29) is 23.0 Å². The van der Waals surface area contributed by atoms with Crippen LogP contribution in [0.5, 0.6) is 11.5 Å². The number of rotatable bonds is 5. The summed E-state index contributed by atoms with van der Waals surface area (Å²) in [5, 5.41) is 8.97. The highest BCUT2D eigenvalue weighted by atomic mass is 19.1. The second-order valence-electron chi connectivity index (χ2n) is 3.99. The van der Waals surface area contributed by atoms with Gasteiger partial charge in [0.1, 0.15) is 11.4 Å². The Hall–Kier alpha value is -1.78. The summed E-state index contributed by atoms with van der Waals surface area (Å²) >= 11 is 0. The van der Waals surface area contributed by atoms with Gasteiger partial charge in [0, 0.05) is 6.07 Å². The van der Waals surface area contributed by atoms with Gasteiger partial charge in [-0.15, -0.1) is 0 Å². The maximum atomic E-state index is 13.2. The number of carboxylic acids is 1. The molecule has 0 unspecified atom stereocenters. The zero-order chi connectivity index (χ0) is 13.0. The maximum Gasteiger partial charge on any atom is 0.339 e. The van der Waals surface area contributed by atoms with E-state index < -0.39 is 11.8 Å². The molecule has 0 heterocycles. The third-order valence-electron chi connectivity index (χ3n) is 2.03. The van der Waals surface area contributed by atoms with Crippen molar-refractivity contribution in [2.75, 3.05) is 13.7 Å². The molecule has 5 heteroatoms. The highest BCUT2D eigenvalue weighted by Crippen LogP contribution is 2.32. The lowest BCUT2D eigenvalue weighted by atomic mass is 10.1. The summed E-state index contributed by atoms with van der Waals surface area (Å²) in [6, 6.07) is 2.02. The molecule has 1 N–H and O–H groups in total. The molecule has 1 aromatic carbocycles. The third kappa shape index (κ3) is 3.34. The average Bonchev–Trinajstić information content (AvgIpc) is 2.25. The molecule has 0 atom stereocenters. The number of carbonyl (C=O) groups is 1. The Labute approximate surface area is 99.0 Å². The number of benzene rings is 1. The Morgan fingerprint density at radius 1 is 1.47 bits per heavy atom. The molecule has 1 aromatic rings. The first-order chi connectivity index (χ1) is 7.95. The molecule has 0 aliphatic rings. The molecular formula is C12H15FO4. The number of hydrogen-bond donors (Lipinski definition) is 1. The van der Waals surface area contributed by atoms with E-state index in [1.165, 1.54) is 7.11 Å². The molecule has 4 nitrogen and oxygen atoms in total. The summed E-state index contributed by atoms with van der Waals surface area (Å²) in [6.07, 6.45) is 0. The molecule has 0 aromatic heterocycles. The first-order valence-electron chi connectivity index (χ1n) is 5.19. The summed E-state index contributed by atoms with van der Waals surface area (Å²) in [6.45, 7) is 4.19. The summed E-state index contributed by atoms with van der Waals surface area (Å²) < 4.78 is 23.4. The standard InChI is InChI=1S/C12H15FO4/c1-7(2)6-17-11-9(12(14)15)4-8(13)5-10(11)16-3/h4-5,7H,6H2,1-3H3,(H,14,15). The van der Waals surface area contributed by atoms with E-state index in [4.69, 9.17) is 14.6 Å². The molecule has 0 amide bonds. The van der Waals surface area contributed by atoms with Crippen LogP contribution in [0, 0.1) is 11.7 Å². The van der Waals surface area contributed by atoms with Gasteiger partial charge in [-0.25, -0.2) is 9.18 Å². The largest absolute Gasteiger partial charge is 0.493 e. The van der Waals surface area contributed by atoms with Gasteiger partial charge in [0.05, 0.1) is 13.7 Å². The van der Waals surface area contributed by atoms with Gasteiger partial charge in [0.2, 0.25) is 0 Å². The molecule has 0 aliphatic carbocycles. The van der Waals surface area contributed by atoms with Crippen molar-refractivity contribution in [2.24, 2.45) is 5.92 Å². The van der Waals surface area contributed by atoms with Gasteiger partial charge in [-0.05, 0) is 12.0 Å². The first-order valence-corrected chi connectivity index (χ1v) is 5.19. The van der Waals surface area contributed by atoms with Crippen molar-refractivity contribution in [1.82, 2.24) is 0 Å². The van der Waals surface area contributed by atoms with Crippen molar-refractivity contribution in [1.29, 1.82) is 0 Å². The monoisotopic (exact) mass is 242 g/mol. The smallest absolute Gasteiger partial charge is 0.339 e. The number of aromatic carboxylic acids is 1. The lowest BCUT2D eigenvalue weighted by Crippen LogP contribution is -2.10. The van der Waals surface area contributed by atoms with Crippen LogP contribution >= 0.6 is 0 Å². The van der Waals surface area contributed by atoms with E-state index in [0.717, 1.165) is 12.1 Å². The Morgan fingerprint density at radius 3 is 2.59 bits per heavy atom. The van der Waals surface area contributed by atoms with Gasteiger partial charge in [-0.3, -0.25) is 0 Å². The SMILES string of the molecule is COc1cc(F)cc(C(=O)O)c1OCC(C)C. The molecule has 17 heavy (non-hydrogen) atoms. The number of ether oxygens (including phenoxy) is 2. The maximum absolute atomic E-state index is 13.2. The van der Waals surface area contributed by atoms with Crippen LogP contribution in [-0.2, 0) is 0 Å². The fourth-order valence-corrected chi connectivity index (χ4v) is 1.28. The van der Waals surface area contributed by atoms with E-state index in [9.17, 15) is 9.18 Å². The van der Waals surface area contributed by atoms with Crippen molar-refractivity contribution in [3.63, 3.8) is 0 Å². The van der Waals surface area contributed by atoms with Crippen LogP contribution in [-0.4, -0.2) is 24.8 Å². The highest BCUT2D eigenvalue weighted by Gasteiger charge is 2.19. The molecule has 0 saturated carbocycles. The van der Waals surface area contributed by atoms with Crippen LogP contribution < -0.4 is 9.47 Å². The molecule has 0 spiro atoms. The molecule has 0 radical (unpaired) electrons. The normalized spacial score (nSPS) is 10.4. The van der Waals surface area contributed by atoms with Gasteiger partial charge >= 0.3 is 5.97 Å². The van der Waals surface area contributed by atoms with Gasteiger partial charge in [0.15, 0.2) is 11.5 Å². The van der Waals surface area contributed by atoms with Crippen molar-refractivity contribution < 1.29 is 23.8 Å². The van der Waals surface area contributed by atoms with Gasteiger partial charge in [-0.1, -0.05) is 13.8 Å². The minimum Gasteiger partial charge on any atom is -0.493 e. The summed E-state index contributed by atoms with van der Waals surface area (Å²) in [4.78, 5) is 11.0. The number of hydrogen-bond acceptors (Lipinski definition) is 3. The van der Waals surface area contributed by atoms with Crippen LogP contribution in [0.1, 0.15) is 24.2 Å². The van der Waals surface area contributed by atoms with E-state index in [2.05, 4.69) is 0 Å². The Morgan fingerprint density at radius 2 is 2.12 bits per heavy atom. The van der Waals surface area contributed by atoms with Crippen molar-refractivity contribution in [3.8, 4) is 11.5 Å². The average molecular weight is 242 g/mol. The second kappa shape index (κ2) is 5.52. The fourth-order valence-electron chi connectivity index (χ4n) is 1.28. The van der Waals surface area contributed by atoms with E-state index >= 15 is 0 Å².